The Hall–Kier alpha value is -3.07. The first-order valence-electron chi connectivity index (χ1n) is 7.45. The Kier molecular flexibility index (Phi) is 4.81. The summed E-state index contributed by atoms with van der Waals surface area (Å²) in [5, 5.41) is 11.4. The molecule has 26 heavy (non-hydrogen) atoms. The maximum Gasteiger partial charge on any atom is 0.331 e. The molecule has 0 aliphatic rings. The number of fused-ring (bicyclic) bond motifs is 1. The summed E-state index contributed by atoms with van der Waals surface area (Å²) < 4.78 is 6.91. The molecular formula is C17H12BrN3O5. The van der Waals surface area contributed by atoms with E-state index >= 15 is 0 Å². The van der Waals surface area contributed by atoms with Gasteiger partial charge in [0.2, 0.25) is 5.75 Å². The number of carbonyl (C=O) groups is 1. The Morgan fingerprint density at radius 2 is 2.08 bits per heavy atom. The van der Waals surface area contributed by atoms with Gasteiger partial charge in [-0.1, -0.05) is 22.0 Å². The van der Waals surface area contributed by atoms with E-state index in [2.05, 4.69) is 20.9 Å². The van der Waals surface area contributed by atoms with E-state index in [1.807, 2.05) is 0 Å². The zero-order valence-electron chi connectivity index (χ0n) is 13.5. The maximum atomic E-state index is 12.5. The number of benzene rings is 2. The van der Waals surface area contributed by atoms with Gasteiger partial charge in [0.05, 0.1) is 22.2 Å². The van der Waals surface area contributed by atoms with Crippen LogP contribution >= 0.6 is 15.9 Å². The summed E-state index contributed by atoms with van der Waals surface area (Å²) in [4.78, 5) is 39.2. The Morgan fingerprint density at radius 1 is 1.31 bits per heavy atom. The second kappa shape index (κ2) is 7.04. The molecule has 0 amide bonds. The van der Waals surface area contributed by atoms with Crippen LogP contribution in [0.5, 0.6) is 5.75 Å². The number of ether oxygens (including phenoxy) is 1. The third-order valence-corrected chi connectivity index (χ3v) is 4.11. The summed E-state index contributed by atoms with van der Waals surface area (Å²) in [5.74, 6) is -0.971. The first-order valence-corrected chi connectivity index (χ1v) is 8.25. The van der Waals surface area contributed by atoms with Gasteiger partial charge in [-0.05, 0) is 36.8 Å². The summed E-state index contributed by atoms with van der Waals surface area (Å²) in [5.41, 5.74) is 0.466. The highest BCUT2D eigenvalue weighted by molar-refractivity contribution is 9.10. The molecule has 1 heterocycles. The van der Waals surface area contributed by atoms with E-state index < -0.39 is 23.0 Å². The number of nitro groups is 1. The SMILES string of the molecule is Cc1ccc([N+](=O)[O-])c(OC(=O)Cn2cnc3ccc(Br)cc3c2=O)c1. The minimum absolute atomic E-state index is 0.162. The van der Waals surface area contributed by atoms with E-state index in [4.69, 9.17) is 4.74 Å². The molecule has 0 bridgehead atoms. The topological polar surface area (TPSA) is 104 Å². The Bertz CT molecular complexity index is 1090. The molecule has 0 saturated heterocycles. The van der Waals surface area contributed by atoms with Crippen molar-refractivity contribution in [1.29, 1.82) is 0 Å². The van der Waals surface area contributed by atoms with Crippen LogP contribution in [0.15, 0.2) is 52.0 Å². The molecule has 8 nitrogen and oxygen atoms in total. The van der Waals surface area contributed by atoms with Gasteiger partial charge in [0.25, 0.3) is 5.56 Å². The van der Waals surface area contributed by atoms with Gasteiger partial charge < -0.3 is 4.74 Å². The lowest BCUT2D eigenvalue weighted by atomic mass is 10.2. The van der Waals surface area contributed by atoms with Crippen molar-refractivity contribution < 1.29 is 14.5 Å². The number of aryl methyl sites for hydroxylation is 1. The molecule has 2 aromatic carbocycles. The van der Waals surface area contributed by atoms with Crippen LogP contribution < -0.4 is 10.3 Å². The third kappa shape index (κ3) is 3.62. The zero-order valence-corrected chi connectivity index (χ0v) is 15.1. The summed E-state index contributed by atoms with van der Waals surface area (Å²) in [6, 6.07) is 9.25. The Labute approximate surface area is 155 Å². The highest BCUT2D eigenvalue weighted by Gasteiger charge is 2.19. The lowest BCUT2D eigenvalue weighted by molar-refractivity contribution is -0.385. The van der Waals surface area contributed by atoms with E-state index in [0.717, 1.165) is 4.57 Å². The predicted octanol–water partition coefficient (Wildman–Crippen LogP) is 2.98. The van der Waals surface area contributed by atoms with Crippen molar-refractivity contribution in [3.05, 3.63) is 73.2 Å². The average Bonchev–Trinajstić information content (AvgIpc) is 2.57. The molecule has 9 heteroatoms. The van der Waals surface area contributed by atoms with Crippen molar-refractivity contribution in [3.63, 3.8) is 0 Å². The summed E-state index contributed by atoms with van der Waals surface area (Å²) in [6.45, 7) is 1.30. The van der Waals surface area contributed by atoms with Gasteiger partial charge in [-0.3, -0.25) is 19.5 Å². The second-order valence-electron chi connectivity index (χ2n) is 5.54. The number of hydrogen-bond acceptors (Lipinski definition) is 6. The highest BCUT2D eigenvalue weighted by Crippen LogP contribution is 2.27. The molecule has 0 unspecified atom stereocenters. The van der Waals surface area contributed by atoms with Crippen molar-refractivity contribution in [2.75, 3.05) is 0 Å². The number of halogens is 1. The summed E-state index contributed by atoms with van der Waals surface area (Å²) >= 11 is 3.28. The first-order chi connectivity index (χ1) is 12.3. The van der Waals surface area contributed by atoms with Crippen LogP contribution in [0.25, 0.3) is 10.9 Å². The number of carbonyl (C=O) groups excluding carboxylic acids is 1. The molecule has 1 aromatic heterocycles. The van der Waals surface area contributed by atoms with Gasteiger partial charge in [0, 0.05) is 10.5 Å². The largest absolute Gasteiger partial charge is 0.418 e. The quantitative estimate of drug-likeness (QED) is 0.279. The third-order valence-electron chi connectivity index (χ3n) is 3.62. The van der Waals surface area contributed by atoms with E-state index in [-0.39, 0.29) is 11.4 Å². The molecule has 0 radical (unpaired) electrons. The summed E-state index contributed by atoms with van der Waals surface area (Å²) in [7, 11) is 0. The van der Waals surface area contributed by atoms with Crippen LogP contribution in [0.3, 0.4) is 0 Å². The molecule has 3 rings (SSSR count). The molecule has 0 spiro atoms. The predicted molar refractivity (Wildman–Crippen MR) is 97.2 cm³/mol. The van der Waals surface area contributed by atoms with E-state index in [1.54, 1.807) is 31.2 Å². The van der Waals surface area contributed by atoms with Gasteiger partial charge >= 0.3 is 11.7 Å². The van der Waals surface area contributed by atoms with Gasteiger partial charge in [0.1, 0.15) is 6.54 Å². The highest BCUT2D eigenvalue weighted by atomic mass is 79.9. The number of nitrogens with zero attached hydrogens (tertiary/aromatic N) is 3. The van der Waals surface area contributed by atoms with Crippen molar-refractivity contribution in [1.82, 2.24) is 9.55 Å². The van der Waals surface area contributed by atoms with E-state index in [1.165, 1.54) is 18.5 Å². The lowest BCUT2D eigenvalue weighted by Crippen LogP contribution is -2.27. The van der Waals surface area contributed by atoms with Gasteiger partial charge in [-0.2, -0.15) is 0 Å². The van der Waals surface area contributed by atoms with Crippen LogP contribution in [0.1, 0.15) is 5.56 Å². The average molecular weight is 418 g/mol. The maximum absolute atomic E-state index is 12.5. The number of nitro benzene ring substituents is 1. The Morgan fingerprint density at radius 3 is 2.81 bits per heavy atom. The number of aromatic nitrogens is 2. The monoisotopic (exact) mass is 417 g/mol. The van der Waals surface area contributed by atoms with Crippen molar-refractivity contribution >= 4 is 38.5 Å². The number of esters is 1. The van der Waals surface area contributed by atoms with E-state index in [0.29, 0.717) is 20.9 Å². The molecule has 132 valence electrons. The molecule has 0 atom stereocenters. The fourth-order valence-corrected chi connectivity index (χ4v) is 2.75. The molecular weight excluding hydrogens is 406 g/mol. The first kappa shape index (κ1) is 17.7. The molecule has 0 fully saturated rings. The summed E-state index contributed by atoms with van der Waals surface area (Å²) in [6.07, 6.45) is 1.24. The van der Waals surface area contributed by atoms with Crippen molar-refractivity contribution in [3.8, 4) is 5.75 Å². The van der Waals surface area contributed by atoms with Gasteiger partial charge in [-0.15, -0.1) is 0 Å². The lowest BCUT2D eigenvalue weighted by Gasteiger charge is -2.08. The minimum atomic E-state index is -0.808. The number of rotatable bonds is 4. The molecule has 0 N–H and O–H groups in total. The van der Waals surface area contributed by atoms with Crippen molar-refractivity contribution in [2.24, 2.45) is 0 Å². The van der Waals surface area contributed by atoms with Crippen LogP contribution in [0.2, 0.25) is 0 Å². The van der Waals surface area contributed by atoms with Gasteiger partial charge in [0.15, 0.2) is 0 Å². The fourth-order valence-electron chi connectivity index (χ4n) is 2.39. The Balaban J connectivity index is 1.89. The number of hydrogen-bond donors (Lipinski definition) is 0. The standard InChI is InChI=1S/C17H12BrN3O5/c1-10-2-5-14(21(24)25)15(6-10)26-16(22)8-20-9-19-13-4-3-11(18)7-12(13)17(20)23/h2-7,9H,8H2,1H3. The van der Waals surface area contributed by atoms with Crippen molar-refractivity contribution in [2.45, 2.75) is 13.5 Å². The van der Waals surface area contributed by atoms with Crippen LogP contribution in [0.4, 0.5) is 5.69 Å². The fraction of sp³-hybridized carbons (Fsp3) is 0.118. The molecule has 0 aliphatic heterocycles. The molecule has 0 aliphatic carbocycles. The van der Waals surface area contributed by atoms with Gasteiger partial charge in [-0.25, -0.2) is 9.78 Å². The van der Waals surface area contributed by atoms with Crippen LogP contribution in [-0.2, 0) is 11.3 Å². The van der Waals surface area contributed by atoms with Crippen LogP contribution in [-0.4, -0.2) is 20.4 Å². The molecule has 3 aromatic rings. The minimum Gasteiger partial charge on any atom is -0.418 e. The molecule has 0 saturated carbocycles. The van der Waals surface area contributed by atoms with E-state index in [9.17, 15) is 19.7 Å². The van der Waals surface area contributed by atoms with Crippen LogP contribution in [0, 0.1) is 17.0 Å². The smallest absolute Gasteiger partial charge is 0.331 e. The normalized spacial score (nSPS) is 10.7. The zero-order chi connectivity index (χ0) is 18.8. The second-order valence-corrected chi connectivity index (χ2v) is 6.46.